The lowest BCUT2D eigenvalue weighted by Crippen LogP contribution is -2.46. The first-order valence-electron chi connectivity index (χ1n) is 9.13. The standard InChI is InChI=1S/C20H25ClN2O4/c1-20(2,3)27-19(25)22-8-6-14(7-9-22)23-10-11-26-18(13-23)16-12-15(24)4-5-17(16)21/h4-5,10-11,13-14H,6-9,12H2,1-3H3. The van der Waals surface area contributed by atoms with Crippen LogP contribution < -0.4 is 0 Å². The zero-order valence-corrected chi connectivity index (χ0v) is 16.7. The molecule has 0 atom stereocenters. The summed E-state index contributed by atoms with van der Waals surface area (Å²) >= 11 is 6.24. The number of ketones is 1. The van der Waals surface area contributed by atoms with Crippen LogP contribution in [-0.4, -0.2) is 46.4 Å². The molecule has 3 rings (SSSR count). The van der Waals surface area contributed by atoms with E-state index in [1.165, 1.54) is 6.08 Å². The van der Waals surface area contributed by atoms with Crippen molar-refractivity contribution in [3.8, 4) is 0 Å². The number of ether oxygens (including phenoxy) is 2. The molecule has 2 aliphatic heterocycles. The van der Waals surface area contributed by atoms with E-state index in [1.807, 2.05) is 33.2 Å². The van der Waals surface area contributed by atoms with Crippen molar-refractivity contribution < 1.29 is 19.1 Å². The highest BCUT2D eigenvalue weighted by Crippen LogP contribution is 2.31. The van der Waals surface area contributed by atoms with E-state index >= 15 is 0 Å². The Kier molecular flexibility index (Phi) is 5.65. The summed E-state index contributed by atoms with van der Waals surface area (Å²) in [5.74, 6) is 0.598. The molecule has 6 nitrogen and oxygen atoms in total. The van der Waals surface area contributed by atoms with E-state index in [4.69, 9.17) is 21.1 Å². The molecule has 1 aliphatic carbocycles. The van der Waals surface area contributed by atoms with E-state index in [0.29, 0.717) is 29.5 Å². The van der Waals surface area contributed by atoms with Crippen LogP contribution >= 0.6 is 11.6 Å². The van der Waals surface area contributed by atoms with Crippen LogP contribution in [0, 0.1) is 0 Å². The van der Waals surface area contributed by atoms with Crippen molar-refractivity contribution in [2.24, 2.45) is 0 Å². The SMILES string of the molecule is CC(C)(C)OC(=O)N1CCC(N2C=COC(C3=C(Cl)C=CC(=O)C3)=C2)CC1. The van der Waals surface area contributed by atoms with Gasteiger partial charge in [-0.05, 0) is 45.8 Å². The van der Waals surface area contributed by atoms with Crippen molar-refractivity contribution in [2.45, 2.75) is 51.7 Å². The number of carbonyl (C=O) groups is 2. The molecule has 1 amide bonds. The monoisotopic (exact) mass is 392 g/mol. The molecular weight excluding hydrogens is 368 g/mol. The van der Waals surface area contributed by atoms with Gasteiger partial charge >= 0.3 is 6.09 Å². The molecule has 1 saturated heterocycles. The van der Waals surface area contributed by atoms with Gasteiger partial charge in [-0.15, -0.1) is 0 Å². The summed E-state index contributed by atoms with van der Waals surface area (Å²) in [6, 6.07) is 0.244. The van der Waals surface area contributed by atoms with E-state index in [-0.39, 0.29) is 24.3 Å². The molecule has 0 radical (unpaired) electrons. The van der Waals surface area contributed by atoms with Gasteiger partial charge in [0.2, 0.25) is 0 Å². The maximum atomic E-state index is 12.2. The molecule has 0 aromatic carbocycles. The van der Waals surface area contributed by atoms with Gasteiger partial charge in [0.05, 0.1) is 0 Å². The number of likely N-dealkylation sites (tertiary alicyclic amines) is 1. The maximum Gasteiger partial charge on any atom is 0.410 e. The number of allylic oxidation sites excluding steroid dienone is 4. The lowest BCUT2D eigenvalue weighted by atomic mass is 10.0. The van der Waals surface area contributed by atoms with Crippen LogP contribution in [0.2, 0.25) is 0 Å². The molecule has 0 bridgehead atoms. The summed E-state index contributed by atoms with van der Waals surface area (Å²) in [6.07, 6.45) is 10.1. The quantitative estimate of drug-likeness (QED) is 0.709. The smallest absolute Gasteiger partial charge is 0.410 e. The molecule has 1 fully saturated rings. The van der Waals surface area contributed by atoms with Gasteiger partial charge < -0.3 is 19.3 Å². The Bertz CT molecular complexity index is 738. The first-order valence-corrected chi connectivity index (χ1v) is 9.51. The summed E-state index contributed by atoms with van der Waals surface area (Å²) < 4.78 is 11.0. The topological polar surface area (TPSA) is 59.1 Å². The van der Waals surface area contributed by atoms with Gasteiger partial charge in [-0.3, -0.25) is 4.79 Å². The Morgan fingerprint density at radius 1 is 1.26 bits per heavy atom. The molecule has 7 heteroatoms. The number of rotatable bonds is 2. The fraction of sp³-hybridized carbons (Fsp3) is 0.500. The number of carbonyl (C=O) groups excluding carboxylic acids is 2. The third kappa shape index (κ3) is 4.95. The number of piperidine rings is 1. The Hall–Kier alpha value is -2.21. The fourth-order valence-electron chi connectivity index (χ4n) is 3.22. The molecule has 27 heavy (non-hydrogen) atoms. The molecule has 0 N–H and O–H groups in total. The Morgan fingerprint density at radius 2 is 1.96 bits per heavy atom. The first-order chi connectivity index (χ1) is 12.7. The van der Waals surface area contributed by atoms with E-state index in [9.17, 15) is 9.59 Å². The van der Waals surface area contributed by atoms with E-state index in [0.717, 1.165) is 12.8 Å². The molecule has 146 valence electrons. The summed E-state index contributed by atoms with van der Waals surface area (Å²) in [5, 5.41) is 0.524. The van der Waals surface area contributed by atoms with Gasteiger partial charge in [0, 0.05) is 48.6 Å². The van der Waals surface area contributed by atoms with Crippen molar-refractivity contribution in [1.82, 2.24) is 9.80 Å². The average molecular weight is 393 g/mol. The highest BCUT2D eigenvalue weighted by molar-refractivity contribution is 6.32. The summed E-state index contributed by atoms with van der Waals surface area (Å²) in [4.78, 5) is 27.7. The summed E-state index contributed by atoms with van der Waals surface area (Å²) in [7, 11) is 0. The number of nitrogens with zero attached hydrogens (tertiary/aromatic N) is 2. The zero-order chi connectivity index (χ0) is 19.6. The second-order valence-corrected chi connectivity index (χ2v) is 8.25. The number of amides is 1. The van der Waals surface area contributed by atoms with E-state index in [2.05, 4.69) is 4.90 Å². The number of hydrogen-bond acceptors (Lipinski definition) is 5. The molecule has 0 aromatic heterocycles. The molecular formula is C20H25ClN2O4. The van der Waals surface area contributed by atoms with Gasteiger partial charge in [0.25, 0.3) is 0 Å². The third-order valence-corrected chi connectivity index (χ3v) is 4.94. The van der Waals surface area contributed by atoms with Gasteiger partial charge in [-0.25, -0.2) is 4.79 Å². The van der Waals surface area contributed by atoms with Crippen molar-refractivity contribution in [1.29, 1.82) is 0 Å². The normalized spacial score (nSPS) is 21.3. The first kappa shape index (κ1) is 19.5. The van der Waals surface area contributed by atoms with E-state index in [1.54, 1.807) is 17.2 Å². The van der Waals surface area contributed by atoms with Gasteiger partial charge in [0.1, 0.15) is 17.6 Å². The minimum Gasteiger partial charge on any atom is -0.462 e. The maximum absolute atomic E-state index is 12.2. The van der Waals surface area contributed by atoms with Crippen LogP contribution in [0.3, 0.4) is 0 Å². The van der Waals surface area contributed by atoms with Crippen molar-refractivity contribution in [3.63, 3.8) is 0 Å². The Labute approximate surface area is 164 Å². The Balaban J connectivity index is 1.63. The van der Waals surface area contributed by atoms with E-state index < -0.39 is 5.60 Å². The van der Waals surface area contributed by atoms with Crippen LogP contribution in [-0.2, 0) is 14.3 Å². The number of halogens is 1. The fourth-order valence-corrected chi connectivity index (χ4v) is 3.44. The van der Waals surface area contributed by atoms with Crippen molar-refractivity contribution in [2.75, 3.05) is 13.1 Å². The van der Waals surface area contributed by atoms with Crippen molar-refractivity contribution >= 4 is 23.5 Å². The van der Waals surface area contributed by atoms with Gasteiger partial charge in [-0.1, -0.05) is 11.6 Å². The lowest BCUT2D eigenvalue weighted by Gasteiger charge is -2.38. The molecule has 2 heterocycles. The van der Waals surface area contributed by atoms with Gasteiger partial charge in [-0.2, -0.15) is 0 Å². The second-order valence-electron chi connectivity index (χ2n) is 7.85. The molecule has 0 spiro atoms. The van der Waals surface area contributed by atoms with Crippen molar-refractivity contribution in [3.05, 3.63) is 47.2 Å². The lowest BCUT2D eigenvalue weighted by molar-refractivity contribution is -0.114. The third-order valence-electron chi connectivity index (χ3n) is 4.58. The van der Waals surface area contributed by atoms with Crippen LogP contribution in [0.4, 0.5) is 4.79 Å². The summed E-state index contributed by atoms with van der Waals surface area (Å²) in [5.41, 5.74) is 0.210. The minimum atomic E-state index is -0.489. The highest BCUT2D eigenvalue weighted by atomic mass is 35.5. The molecule has 0 unspecified atom stereocenters. The van der Waals surface area contributed by atoms with Crippen LogP contribution in [0.1, 0.15) is 40.0 Å². The van der Waals surface area contributed by atoms with Gasteiger partial charge in [0.15, 0.2) is 5.78 Å². The zero-order valence-electron chi connectivity index (χ0n) is 15.9. The average Bonchev–Trinajstić information content (AvgIpc) is 2.62. The second kappa shape index (κ2) is 7.80. The van der Waals surface area contributed by atoms with Crippen LogP contribution in [0.25, 0.3) is 0 Å². The predicted octanol–water partition coefficient (Wildman–Crippen LogP) is 4.05. The highest BCUT2D eigenvalue weighted by Gasteiger charge is 2.29. The number of hydrogen-bond donors (Lipinski definition) is 0. The minimum absolute atomic E-state index is 0.00525. The molecule has 0 saturated carbocycles. The molecule has 0 aromatic rings. The molecule has 3 aliphatic rings. The Morgan fingerprint density at radius 3 is 2.63 bits per heavy atom. The predicted molar refractivity (Wildman–Crippen MR) is 103 cm³/mol. The largest absolute Gasteiger partial charge is 0.462 e. The summed E-state index contributed by atoms with van der Waals surface area (Å²) in [6.45, 7) is 6.88. The van der Waals surface area contributed by atoms with Crippen LogP contribution in [0.5, 0.6) is 0 Å². The van der Waals surface area contributed by atoms with Crippen LogP contribution in [0.15, 0.2) is 47.2 Å².